The Kier molecular flexibility index (Phi) is 4.57. The van der Waals surface area contributed by atoms with Crippen LogP contribution in [0.25, 0.3) is 0 Å². The topological polar surface area (TPSA) is 3.24 Å². The molecular formula is C13H18F3N. The van der Waals surface area contributed by atoms with Crippen molar-refractivity contribution >= 4 is 0 Å². The van der Waals surface area contributed by atoms with E-state index in [2.05, 4.69) is 0 Å². The molecule has 0 saturated carbocycles. The van der Waals surface area contributed by atoms with E-state index >= 15 is 0 Å². The third kappa shape index (κ3) is 3.73. The van der Waals surface area contributed by atoms with Crippen molar-refractivity contribution in [2.24, 2.45) is 0 Å². The van der Waals surface area contributed by atoms with Crippen LogP contribution in [0.2, 0.25) is 0 Å². The summed E-state index contributed by atoms with van der Waals surface area (Å²) in [5, 5.41) is 0. The second-order valence-electron chi connectivity index (χ2n) is 4.12. The van der Waals surface area contributed by atoms with Crippen molar-refractivity contribution in [3.63, 3.8) is 0 Å². The molecule has 1 rings (SSSR count). The van der Waals surface area contributed by atoms with Crippen molar-refractivity contribution < 1.29 is 13.2 Å². The van der Waals surface area contributed by atoms with Crippen LogP contribution in [0.15, 0.2) is 18.2 Å². The molecule has 1 nitrogen and oxygen atoms in total. The molecule has 0 fully saturated rings. The zero-order valence-electron chi connectivity index (χ0n) is 10.4. The van der Waals surface area contributed by atoms with Crippen LogP contribution in [-0.2, 0) is 12.7 Å². The van der Waals surface area contributed by atoms with Crippen molar-refractivity contribution in [2.75, 3.05) is 13.1 Å². The molecule has 0 unspecified atom stereocenters. The molecule has 0 amide bonds. The molecule has 4 heteroatoms. The van der Waals surface area contributed by atoms with E-state index in [1.807, 2.05) is 18.7 Å². The predicted molar refractivity (Wildman–Crippen MR) is 62.8 cm³/mol. The lowest BCUT2D eigenvalue weighted by Gasteiger charge is -2.21. The van der Waals surface area contributed by atoms with E-state index in [1.165, 1.54) is 6.07 Å². The molecule has 0 aromatic heterocycles. The third-order valence-corrected chi connectivity index (χ3v) is 2.86. The highest BCUT2D eigenvalue weighted by atomic mass is 19.4. The van der Waals surface area contributed by atoms with E-state index in [-0.39, 0.29) is 0 Å². The number of rotatable bonds is 4. The largest absolute Gasteiger partial charge is 0.416 e. The quantitative estimate of drug-likeness (QED) is 0.778. The maximum Gasteiger partial charge on any atom is 0.416 e. The van der Waals surface area contributed by atoms with Crippen LogP contribution >= 0.6 is 0 Å². The number of aryl methyl sites for hydroxylation is 1. The van der Waals surface area contributed by atoms with Gasteiger partial charge in [0.05, 0.1) is 5.56 Å². The molecule has 0 aliphatic heterocycles. The second kappa shape index (κ2) is 5.54. The van der Waals surface area contributed by atoms with Gasteiger partial charge < -0.3 is 0 Å². The Bertz CT molecular complexity index is 367. The minimum Gasteiger partial charge on any atom is -0.300 e. The van der Waals surface area contributed by atoms with Gasteiger partial charge in [0.1, 0.15) is 0 Å². The second-order valence-corrected chi connectivity index (χ2v) is 4.12. The molecule has 1 aromatic carbocycles. The minimum atomic E-state index is -4.27. The summed E-state index contributed by atoms with van der Waals surface area (Å²) in [6.45, 7) is 7.43. The highest BCUT2D eigenvalue weighted by molar-refractivity contribution is 5.33. The molecule has 1 aromatic rings. The van der Waals surface area contributed by atoms with Gasteiger partial charge in [0.15, 0.2) is 0 Å². The third-order valence-electron chi connectivity index (χ3n) is 2.86. The first-order chi connectivity index (χ1) is 7.88. The number of halogens is 3. The molecule has 0 N–H and O–H groups in total. The SMILES string of the molecule is CCN(CC)Cc1ccc(C)cc1C(F)(F)F. The van der Waals surface area contributed by atoms with Crippen LogP contribution in [0.1, 0.15) is 30.5 Å². The van der Waals surface area contributed by atoms with E-state index in [0.717, 1.165) is 13.1 Å². The monoisotopic (exact) mass is 245 g/mol. The fourth-order valence-corrected chi connectivity index (χ4v) is 1.78. The van der Waals surface area contributed by atoms with E-state index in [9.17, 15) is 13.2 Å². The van der Waals surface area contributed by atoms with Crippen LogP contribution in [0.3, 0.4) is 0 Å². The first-order valence-corrected chi connectivity index (χ1v) is 5.77. The maximum absolute atomic E-state index is 12.9. The van der Waals surface area contributed by atoms with Crippen molar-refractivity contribution in [2.45, 2.75) is 33.5 Å². The molecular weight excluding hydrogens is 227 g/mol. The lowest BCUT2D eigenvalue weighted by atomic mass is 10.0. The zero-order valence-corrected chi connectivity index (χ0v) is 10.4. The van der Waals surface area contributed by atoms with Gasteiger partial charge in [-0.3, -0.25) is 4.90 Å². The molecule has 0 spiro atoms. The summed E-state index contributed by atoms with van der Waals surface area (Å²) in [5.74, 6) is 0. The van der Waals surface area contributed by atoms with Crippen LogP contribution in [-0.4, -0.2) is 18.0 Å². The molecule has 17 heavy (non-hydrogen) atoms. The molecule has 0 aliphatic carbocycles. The molecule has 0 atom stereocenters. The summed E-state index contributed by atoms with van der Waals surface area (Å²) in [4.78, 5) is 1.97. The Balaban J connectivity index is 3.06. The standard InChI is InChI=1S/C13H18F3N/c1-4-17(5-2)9-11-7-6-10(3)8-12(11)13(14,15)16/h6-8H,4-5,9H2,1-3H3. The van der Waals surface area contributed by atoms with Gasteiger partial charge in [-0.1, -0.05) is 31.5 Å². The Hall–Kier alpha value is -1.03. The summed E-state index contributed by atoms with van der Waals surface area (Å²) in [6, 6.07) is 4.53. The number of nitrogens with zero attached hydrogens (tertiary/aromatic N) is 1. The zero-order chi connectivity index (χ0) is 13.1. The molecule has 0 saturated heterocycles. The first kappa shape index (κ1) is 14.0. The summed E-state index contributed by atoms with van der Waals surface area (Å²) in [7, 11) is 0. The molecule has 96 valence electrons. The lowest BCUT2D eigenvalue weighted by molar-refractivity contribution is -0.138. The number of benzene rings is 1. The van der Waals surface area contributed by atoms with Gasteiger partial charge in [-0.05, 0) is 31.6 Å². The smallest absolute Gasteiger partial charge is 0.300 e. The van der Waals surface area contributed by atoms with Gasteiger partial charge in [0.2, 0.25) is 0 Å². The number of hydrogen-bond acceptors (Lipinski definition) is 1. The van der Waals surface area contributed by atoms with E-state index in [1.54, 1.807) is 19.1 Å². The number of hydrogen-bond donors (Lipinski definition) is 0. The Morgan fingerprint density at radius 2 is 1.71 bits per heavy atom. The average molecular weight is 245 g/mol. The van der Waals surface area contributed by atoms with E-state index in [4.69, 9.17) is 0 Å². The molecule has 0 bridgehead atoms. The van der Waals surface area contributed by atoms with E-state index in [0.29, 0.717) is 17.7 Å². The van der Waals surface area contributed by atoms with Crippen LogP contribution in [0.5, 0.6) is 0 Å². The van der Waals surface area contributed by atoms with Gasteiger partial charge in [-0.2, -0.15) is 13.2 Å². The Labute approximate surface area is 100 Å². The summed E-state index contributed by atoms with van der Waals surface area (Å²) < 4.78 is 38.6. The predicted octanol–water partition coefficient (Wildman–Crippen LogP) is 3.86. The molecule has 0 heterocycles. The Morgan fingerprint density at radius 1 is 1.12 bits per heavy atom. The average Bonchev–Trinajstić information content (AvgIpc) is 2.26. The van der Waals surface area contributed by atoms with Gasteiger partial charge in [-0.15, -0.1) is 0 Å². The van der Waals surface area contributed by atoms with Gasteiger partial charge in [-0.25, -0.2) is 0 Å². The summed E-state index contributed by atoms with van der Waals surface area (Å²) >= 11 is 0. The highest BCUT2D eigenvalue weighted by Gasteiger charge is 2.33. The fraction of sp³-hybridized carbons (Fsp3) is 0.538. The van der Waals surface area contributed by atoms with Crippen LogP contribution < -0.4 is 0 Å². The van der Waals surface area contributed by atoms with E-state index < -0.39 is 11.7 Å². The first-order valence-electron chi connectivity index (χ1n) is 5.77. The van der Waals surface area contributed by atoms with Crippen LogP contribution in [0, 0.1) is 6.92 Å². The van der Waals surface area contributed by atoms with Crippen molar-refractivity contribution in [1.29, 1.82) is 0 Å². The minimum absolute atomic E-state index is 0.349. The molecule has 0 aliphatic rings. The summed E-state index contributed by atoms with van der Waals surface area (Å²) in [5.41, 5.74) is 0.483. The van der Waals surface area contributed by atoms with Crippen molar-refractivity contribution in [3.8, 4) is 0 Å². The van der Waals surface area contributed by atoms with Crippen LogP contribution in [0.4, 0.5) is 13.2 Å². The lowest BCUT2D eigenvalue weighted by Crippen LogP contribution is -2.24. The summed E-state index contributed by atoms with van der Waals surface area (Å²) in [6.07, 6.45) is -4.27. The van der Waals surface area contributed by atoms with Crippen molar-refractivity contribution in [1.82, 2.24) is 4.90 Å². The van der Waals surface area contributed by atoms with Crippen molar-refractivity contribution in [3.05, 3.63) is 34.9 Å². The maximum atomic E-state index is 12.9. The highest BCUT2D eigenvalue weighted by Crippen LogP contribution is 2.33. The van der Waals surface area contributed by atoms with Gasteiger partial charge in [0, 0.05) is 6.54 Å². The number of alkyl halides is 3. The normalized spacial score (nSPS) is 12.2. The fourth-order valence-electron chi connectivity index (χ4n) is 1.78. The Morgan fingerprint density at radius 3 is 2.18 bits per heavy atom. The van der Waals surface area contributed by atoms with Gasteiger partial charge in [0.25, 0.3) is 0 Å². The molecule has 0 radical (unpaired) electrons. The van der Waals surface area contributed by atoms with Gasteiger partial charge >= 0.3 is 6.18 Å².